The van der Waals surface area contributed by atoms with E-state index in [9.17, 15) is 0 Å². The number of likely N-dealkylation sites (N-methyl/N-ethyl adjacent to an activating group) is 1. The summed E-state index contributed by atoms with van der Waals surface area (Å²) in [5.41, 5.74) is 14.9. The zero-order valence-corrected chi connectivity index (χ0v) is 15.9. The number of nitrogens with zero attached hydrogens (tertiary/aromatic N) is 2. The van der Waals surface area contributed by atoms with Gasteiger partial charge in [0.25, 0.3) is 0 Å². The molecule has 0 aromatic heterocycles. The fraction of sp³-hybridized carbons (Fsp3) is 0.684. The quantitative estimate of drug-likeness (QED) is 0.653. The van der Waals surface area contributed by atoms with Crippen molar-refractivity contribution in [2.75, 3.05) is 20.1 Å². The normalized spacial score (nSPS) is 23.8. The zero-order chi connectivity index (χ0) is 17.5. The van der Waals surface area contributed by atoms with Gasteiger partial charge in [0.1, 0.15) is 6.17 Å². The molecular weight excluding hydrogens is 298 g/mol. The van der Waals surface area contributed by atoms with E-state index >= 15 is 0 Å². The molecule has 1 atom stereocenters. The van der Waals surface area contributed by atoms with Crippen LogP contribution in [0, 0.1) is 0 Å². The van der Waals surface area contributed by atoms with Crippen LogP contribution in [0.1, 0.15) is 47.0 Å². The first-order chi connectivity index (χ1) is 11.3. The molecule has 0 saturated heterocycles. The number of hydrogen-bond acceptors (Lipinski definition) is 4. The van der Waals surface area contributed by atoms with Crippen LogP contribution in [-0.4, -0.2) is 47.9 Å². The molecule has 134 valence electrons. The minimum absolute atomic E-state index is 0.0323. The third-order valence-corrected chi connectivity index (χ3v) is 6.35. The van der Waals surface area contributed by atoms with Crippen molar-refractivity contribution >= 4 is 0 Å². The highest BCUT2D eigenvalue weighted by atomic mass is 15.6. The average molecular weight is 333 g/mol. The number of nitrogens with two attached hydrogens (primary N) is 1. The van der Waals surface area contributed by atoms with Crippen LogP contribution in [-0.2, 0) is 0 Å². The van der Waals surface area contributed by atoms with Gasteiger partial charge in [-0.25, -0.2) is 5.43 Å². The van der Waals surface area contributed by atoms with E-state index in [2.05, 4.69) is 62.6 Å². The Morgan fingerprint density at radius 2 is 1.96 bits per heavy atom. The van der Waals surface area contributed by atoms with Crippen molar-refractivity contribution in [3.63, 3.8) is 0 Å². The van der Waals surface area contributed by atoms with Gasteiger partial charge in [0.15, 0.2) is 0 Å². The molecule has 2 heterocycles. The van der Waals surface area contributed by atoms with E-state index in [4.69, 9.17) is 5.73 Å². The van der Waals surface area contributed by atoms with Gasteiger partial charge in [-0.05, 0) is 58.6 Å². The van der Waals surface area contributed by atoms with Crippen LogP contribution >= 0.6 is 0 Å². The maximum atomic E-state index is 6.42. The largest absolute Gasteiger partial charge is 0.398 e. The average Bonchev–Trinajstić information content (AvgIpc) is 3.12. The maximum absolute atomic E-state index is 6.42. The molecule has 5 heteroatoms. The summed E-state index contributed by atoms with van der Waals surface area (Å²) in [7, 11) is 2.35. The Labute approximate surface area is 146 Å². The van der Waals surface area contributed by atoms with Crippen molar-refractivity contribution in [2.24, 2.45) is 5.73 Å². The van der Waals surface area contributed by atoms with Gasteiger partial charge in [-0.1, -0.05) is 6.08 Å². The molecule has 0 aromatic rings. The minimum Gasteiger partial charge on any atom is -0.398 e. The number of rotatable bonds is 6. The lowest BCUT2D eigenvalue weighted by atomic mass is 10.1. The van der Waals surface area contributed by atoms with Gasteiger partial charge >= 0.3 is 0 Å². The standard InChI is InChI=1S/C19H34N5/c1-13(2)24(5,14(3)4)12-11-21-19-18(20)17-10-9-15-7-6-8-16(15)23(17)22-19/h9-10,13-14,19,21-22H,6-8,11-12,20H2,1-5H3/q+1. The fourth-order valence-electron chi connectivity index (χ4n) is 4.02. The predicted molar refractivity (Wildman–Crippen MR) is 99.3 cm³/mol. The number of hydrazine groups is 1. The SMILES string of the molecule is CC(C)[N+](C)(CCNC1NN2C(=C1N)C=CC1=C2CCC1)C(C)C. The first-order valence-corrected chi connectivity index (χ1v) is 9.39. The molecule has 24 heavy (non-hydrogen) atoms. The van der Waals surface area contributed by atoms with Crippen molar-refractivity contribution in [1.82, 2.24) is 15.8 Å². The topological polar surface area (TPSA) is 53.3 Å². The molecule has 1 aliphatic carbocycles. The minimum atomic E-state index is 0.0323. The molecule has 0 fully saturated rings. The third-order valence-electron chi connectivity index (χ3n) is 6.35. The second-order valence-electron chi connectivity index (χ2n) is 8.11. The number of hydrogen-bond donors (Lipinski definition) is 3. The van der Waals surface area contributed by atoms with Crippen LogP contribution in [0.25, 0.3) is 0 Å². The van der Waals surface area contributed by atoms with Gasteiger partial charge in [0.2, 0.25) is 0 Å². The summed E-state index contributed by atoms with van der Waals surface area (Å²) in [5, 5.41) is 5.84. The van der Waals surface area contributed by atoms with Gasteiger partial charge in [0.05, 0.1) is 37.1 Å². The molecule has 2 aliphatic heterocycles. The molecule has 1 unspecified atom stereocenters. The lowest BCUT2D eigenvalue weighted by molar-refractivity contribution is -0.948. The zero-order valence-electron chi connectivity index (χ0n) is 15.9. The van der Waals surface area contributed by atoms with Crippen molar-refractivity contribution < 1.29 is 4.48 Å². The van der Waals surface area contributed by atoms with Crippen molar-refractivity contribution in [3.8, 4) is 0 Å². The highest BCUT2D eigenvalue weighted by molar-refractivity contribution is 5.44. The van der Waals surface area contributed by atoms with E-state index in [1.807, 2.05) is 0 Å². The van der Waals surface area contributed by atoms with Crippen molar-refractivity contribution in [3.05, 3.63) is 34.8 Å². The third kappa shape index (κ3) is 2.89. The smallest absolute Gasteiger partial charge is 0.118 e. The Hall–Kier alpha value is -1.30. The Kier molecular flexibility index (Phi) is 4.78. The summed E-state index contributed by atoms with van der Waals surface area (Å²) in [5.74, 6) is 0. The van der Waals surface area contributed by atoms with E-state index in [0.717, 1.165) is 35.4 Å². The molecule has 5 nitrogen and oxygen atoms in total. The lowest BCUT2D eigenvalue weighted by Crippen LogP contribution is -2.58. The van der Waals surface area contributed by atoms with Crippen LogP contribution < -0.4 is 16.5 Å². The molecule has 4 N–H and O–H groups in total. The van der Waals surface area contributed by atoms with E-state index in [0.29, 0.717) is 12.1 Å². The van der Waals surface area contributed by atoms with E-state index in [1.165, 1.54) is 24.1 Å². The van der Waals surface area contributed by atoms with Gasteiger partial charge in [0, 0.05) is 12.2 Å². The predicted octanol–water partition coefficient (Wildman–Crippen LogP) is 2.16. The Morgan fingerprint density at radius 1 is 1.25 bits per heavy atom. The monoisotopic (exact) mass is 332 g/mol. The van der Waals surface area contributed by atoms with Gasteiger partial charge < -0.3 is 10.2 Å². The van der Waals surface area contributed by atoms with Crippen LogP contribution in [0.4, 0.5) is 0 Å². The molecule has 0 aromatic carbocycles. The summed E-state index contributed by atoms with van der Waals surface area (Å²) >= 11 is 0. The highest BCUT2D eigenvalue weighted by Gasteiger charge is 2.35. The van der Waals surface area contributed by atoms with Gasteiger partial charge in [-0.2, -0.15) is 0 Å². The fourth-order valence-corrected chi connectivity index (χ4v) is 4.02. The summed E-state index contributed by atoms with van der Waals surface area (Å²) in [6, 6.07) is 1.22. The highest BCUT2D eigenvalue weighted by Crippen LogP contribution is 2.37. The molecule has 0 radical (unpaired) electrons. The number of quaternary nitrogens is 1. The van der Waals surface area contributed by atoms with E-state index in [1.54, 1.807) is 0 Å². The van der Waals surface area contributed by atoms with Crippen molar-refractivity contribution in [2.45, 2.75) is 65.2 Å². The Morgan fingerprint density at radius 3 is 2.62 bits per heavy atom. The van der Waals surface area contributed by atoms with Gasteiger partial charge in [-0.3, -0.25) is 10.3 Å². The maximum Gasteiger partial charge on any atom is 0.118 e. The summed E-state index contributed by atoms with van der Waals surface area (Å²) in [6.07, 6.45) is 8.02. The second-order valence-corrected chi connectivity index (χ2v) is 8.11. The van der Waals surface area contributed by atoms with Crippen LogP contribution in [0.5, 0.6) is 0 Å². The molecule has 3 rings (SSSR count). The molecule has 0 bridgehead atoms. The molecular formula is C19H34N5+. The summed E-state index contributed by atoms with van der Waals surface area (Å²) in [6.45, 7) is 11.3. The molecule has 0 amide bonds. The summed E-state index contributed by atoms with van der Waals surface area (Å²) < 4.78 is 1.06. The molecule has 0 spiro atoms. The first-order valence-electron chi connectivity index (χ1n) is 9.39. The second kappa shape index (κ2) is 6.54. The van der Waals surface area contributed by atoms with E-state index < -0.39 is 0 Å². The number of nitrogens with one attached hydrogen (secondary N) is 2. The van der Waals surface area contributed by atoms with E-state index in [-0.39, 0.29) is 6.17 Å². The van der Waals surface area contributed by atoms with Crippen LogP contribution in [0.2, 0.25) is 0 Å². The van der Waals surface area contributed by atoms with Gasteiger partial charge in [-0.15, -0.1) is 0 Å². The Balaban J connectivity index is 1.62. The lowest BCUT2D eigenvalue weighted by Gasteiger charge is -2.42. The molecule has 0 saturated carbocycles. The molecule has 3 aliphatic rings. The van der Waals surface area contributed by atoms with Crippen LogP contribution in [0.3, 0.4) is 0 Å². The van der Waals surface area contributed by atoms with Crippen LogP contribution in [0.15, 0.2) is 34.8 Å². The number of allylic oxidation sites excluding steroid dienone is 4. The van der Waals surface area contributed by atoms with Crippen molar-refractivity contribution in [1.29, 1.82) is 0 Å². The Bertz CT molecular complexity index is 577. The first kappa shape index (κ1) is 17.5. The summed E-state index contributed by atoms with van der Waals surface area (Å²) in [4.78, 5) is 0. The number of fused-ring (bicyclic) bond motifs is 2.